The van der Waals surface area contributed by atoms with Crippen molar-refractivity contribution in [1.29, 1.82) is 0 Å². The fraction of sp³-hybridized carbons (Fsp3) is 0.105. The number of thiophene rings is 1. The first kappa shape index (κ1) is 17.0. The number of carbonyl (C=O) groups excluding carboxylic acids is 1. The Hall–Kier alpha value is -3.39. The van der Waals surface area contributed by atoms with Crippen molar-refractivity contribution in [3.63, 3.8) is 0 Å². The van der Waals surface area contributed by atoms with Crippen molar-refractivity contribution in [3.8, 4) is 17.2 Å². The van der Waals surface area contributed by atoms with Crippen LogP contribution in [0.25, 0.3) is 11.5 Å². The number of furan rings is 1. The summed E-state index contributed by atoms with van der Waals surface area (Å²) in [5, 5.41) is 7.60. The topological polar surface area (TPSA) is 87.6 Å². The van der Waals surface area contributed by atoms with Gasteiger partial charge in [-0.1, -0.05) is 23.4 Å². The van der Waals surface area contributed by atoms with E-state index in [9.17, 15) is 4.79 Å². The van der Waals surface area contributed by atoms with Gasteiger partial charge in [-0.05, 0) is 35.7 Å². The molecule has 0 amide bonds. The van der Waals surface area contributed by atoms with E-state index in [0.717, 1.165) is 11.3 Å². The van der Waals surface area contributed by atoms with Gasteiger partial charge >= 0.3 is 5.97 Å². The van der Waals surface area contributed by atoms with Crippen LogP contribution in [0.15, 0.2) is 68.2 Å². The number of rotatable bonds is 7. The van der Waals surface area contributed by atoms with Crippen LogP contribution in [0.4, 0.5) is 0 Å². The quantitative estimate of drug-likeness (QED) is 0.440. The third kappa shape index (κ3) is 4.24. The molecule has 0 aliphatic rings. The average molecular weight is 382 g/mol. The number of carbonyl (C=O) groups is 1. The summed E-state index contributed by atoms with van der Waals surface area (Å²) in [4.78, 5) is 16.3. The van der Waals surface area contributed by atoms with Gasteiger partial charge in [0.1, 0.15) is 18.1 Å². The molecule has 4 rings (SSSR count). The van der Waals surface area contributed by atoms with Gasteiger partial charge in [-0.3, -0.25) is 0 Å². The van der Waals surface area contributed by atoms with Crippen molar-refractivity contribution in [2.75, 3.05) is 0 Å². The molecule has 0 bridgehead atoms. The second-order valence-corrected chi connectivity index (χ2v) is 6.25. The Balaban J connectivity index is 1.30. The summed E-state index contributed by atoms with van der Waals surface area (Å²) >= 11 is 1.53. The highest BCUT2D eigenvalue weighted by Gasteiger charge is 2.16. The van der Waals surface area contributed by atoms with Crippen LogP contribution >= 0.6 is 11.3 Å². The van der Waals surface area contributed by atoms with Gasteiger partial charge in [0.2, 0.25) is 11.6 Å². The molecule has 0 unspecified atom stereocenters. The summed E-state index contributed by atoms with van der Waals surface area (Å²) < 4.78 is 21.3. The van der Waals surface area contributed by atoms with Crippen LogP contribution in [0.5, 0.6) is 5.75 Å². The zero-order valence-electron chi connectivity index (χ0n) is 14.0. The maximum absolute atomic E-state index is 12.1. The number of hydrogen-bond acceptors (Lipinski definition) is 8. The van der Waals surface area contributed by atoms with E-state index >= 15 is 0 Å². The van der Waals surface area contributed by atoms with E-state index in [-0.39, 0.29) is 24.8 Å². The lowest BCUT2D eigenvalue weighted by molar-refractivity contribution is 0.0419. The molecule has 7 nitrogen and oxygen atoms in total. The minimum atomic E-state index is -0.608. The second-order valence-electron chi connectivity index (χ2n) is 5.47. The summed E-state index contributed by atoms with van der Waals surface area (Å²) in [5.41, 5.74) is 0.833. The largest absolute Gasteiger partial charge is 0.486 e. The molecule has 3 heterocycles. The zero-order chi connectivity index (χ0) is 18.5. The van der Waals surface area contributed by atoms with E-state index in [1.165, 1.54) is 11.3 Å². The van der Waals surface area contributed by atoms with Gasteiger partial charge in [0.05, 0.1) is 5.56 Å². The zero-order valence-corrected chi connectivity index (χ0v) is 14.8. The van der Waals surface area contributed by atoms with E-state index in [4.69, 9.17) is 18.4 Å². The molecule has 0 saturated heterocycles. The predicted molar refractivity (Wildman–Crippen MR) is 96.2 cm³/mol. The summed E-state index contributed by atoms with van der Waals surface area (Å²) in [6.45, 7) is 0.106. The number of benzene rings is 1. The van der Waals surface area contributed by atoms with Gasteiger partial charge in [-0.25, -0.2) is 4.79 Å². The molecule has 3 aromatic heterocycles. The molecule has 0 N–H and O–H groups in total. The van der Waals surface area contributed by atoms with E-state index in [1.807, 2.05) is 47.2 Å². The Bertz CT molecular complexity index is 1010. The summed E-state index contributed by atoms with van der Waals surface area (Å²) in [7, 11) is 0. The van der Waals surface area contributed by atoms with Crippen molar-refractivity contribution >= 4 is 17.3 Å². The molecular formula is C19H14N2O5S. The lowest BCUT2D eigenvalue weighted by Crippen LogP contribution is -2.05. The Labute approximate surface area is 158 Å². The highest BCUT2D eigenvalue weighted by atomic mass is 32.1. The van der Waals surface area contributed by atoms with Gasteiger partial charge in [0, 0.05) is 5.38 Å². The highest BCUT2D eigenvalue weighted by molar-refractivity contribution is 7.08. The minimum absolute atomic E-state index is 0.0863. The molecule has 0 atom stereocenters. The third-order valence-corrected chi connectivity index (χ3v) is 4.24. The number of ether oxygens (including phenoxy) is 2. The summed E-state index contributed by atoms with van der Waals surface area (Å²) in [6, 6.07) is 14.4. The standard InChI is InChI=1S/C19H14N2O5S/c22-19(24-11-17-20-18(26-21-17)13-8-9-27-12-13)16-7-6-15(25-16)10-23-14-4-2-1-3-5-14/h1-9,12H,10-11H2. The molecule has 0 spiro atoms. The Morgan fingerprint density at radius 2 is 1.96 bits per heavy atom. The Morgan fingerprint density at radius 1 is 1.07 bits per heavy atom. The number of nitrogens with zero attached hydrogens (tertiary/aromatic N) is 2. The van der Waals surface area contributed by atoms with Crippen LogP contribution < -0.4 is 4.74 Å². The van der Waals surface area contributed by atoms with Crippen LogP contribution in [0, 0.1) is 0 Å². The summed E-state index contributed by atoms with van der Waals surface area (Å²) in [6.07, 6.45) is 0. The fourth-order valence-corrected chi connectivity index (χ4v) is 2.88. The van der Waals surface area contributed by atoms with Crippen molar-refractivity contribution in [2.45, 2.75) is 13.2 Å². The molecular weight excluding hydrogens is 368 g/mol. The smallest absolute Gasteiger partial charge is 0.374 e. The van der Waals surface area contributed by atoms with E-state index < -0.39 is 5.97 Å². The molecule has 0 saturated carbocycles. The normalized spacial score (nSPS) is 10.7. The molecule has 27 heavy (non-hydrogen) atoms. The van der Waals surface area contributed by atoms with Crippen molar-refractivity contribution in [2.24, 2.45) is 0 Å². The van der Waals surface area contributed by atoms with Crippen LogP contribution in [-0.4, -0.2) is 16.1 Å². The number of esters is 1. The molecule has 4 aromatic rings. The second kappa shape index (κ2) is 7.88. The molecule has 0 aliphatic carbocycles. The number of aromatic nitrogens is 2. The van der Waals surface area contributed by atoms with Crippen molar-refractivity contribution < 1.29 is 23.2 Å². The first-order valence-electron chi connectivity index (χ1n) is 8.07. The van der Waals surface area contributed by atoms with Gasteiger partial charge < -0.3 is 18.4 Å². The fourth-order valence-electron chi connectivity index (χ4n) is 2.25. The molecule has 0 fully saturated rings. The van der Waals surface area contributed by atoms with E-state index in [2.05, 4.69) is 10.1 Å². The van der Waals surface area contributed by atoms with Crippen LogP contribution in [0.2, 0.25) is 0 Å². The molecule has 136 valence electrons. The maximum atomic E-state index is 12.1. The molecule has 8 heteroatoms. The minimum Gasteiger partial charge on any atom is -0.486 e. The Morgan fingerprint density at radius 3 is 2.78 bits per heavy atom. The van der Waals surface area contributed by atoms with E-state index in [0.29, 0.717) is 11.7 Å². The first-order valence-corrected chi connectivity index (χ1v) is 9.01. The maximum Gasteiger partial charge on any atom is 0.374 e. The number of para-hydroxylation sites is 1. The van der Waals surface area contributed by atoms with Crippen molar-refractivity contribution in [3.05, 3.63) is 76.6 Å². The average Bonchev–Trinajstić information content (AvgIpc) is 3.46. The van der Waals surface area contributed by atoms with Crippen LogP contribution in [0.1, 0.15) is 22.1 Å². The van der Waals surface area contributed by atoms with Crippen LogP contribution in [-0.2, 0) is 18.0 Å². The van der Waals surface area contributed by atoms with Gasteiger partial charge in [0.25, 0.3) is 5.89 Å². The van der Waals surface area contributed by atoms with E-state index in [1.54, 1.807) is 12.1 Å². The third-order valence-electron chi connectivity index (χ3n) is 3.56. The summed E-state index contributed by atoms with van der Waals surface area (Å²) in [5.74, 6) is 1.39. The lowest BCUT2D eigenvalue weighted by atomic mass is 10.3. The molecule has 1 aromatic carbocycles. The SMILES string of the molecule is O=C(OCc1noc(-c2ccsc2)n1)c1ccc(COc2ccccc2)o1. The van der Waals surface area contributed by atoms with Crippen LogP contribution in [0.3, 0.4) is 0 Å². The Kier molecular flexibility index (Phi) is 4.97. The molecule has 0 aliphatic heterocycles. The van der Waals surface area contributed by atoms with Gasteiger partial charge in [-0.15, -0.1) is 0 Å². The van der Waals surface area contributed by atoms with Gasteiger partial charge in [0.15, 0.2) is 6.61 Å². The number of hydrogen-bond donors (Lipinski definition) is 0. The van der Waals surface area contributed by atoms with Crippen molar-refractivity contribution in [1.82, 2.24) is 10.1 Å². The van der Waals surface area contributed by atoms with Gasteiger partial charge in [-0.2, -0.15) is 16.3 Å². The lowest BCUT2D eigenvalue weighted by Gasteiger charge is -2.03. The molecule has 0 radical (unpaired) electrons. The first-order chi connectivity index (χ1) is 13.3. The predicted octanol–water partition coefficient (Wildman–Crippen LogP) is 4.33. The monoisotopic (exact) mass is 382 g/mol. The highest BCUT2D eigenvalue weighted by Crippen LogP contribution is 2.20.